The van der Waals surface area contributed by atoms with Gasteiger partial charge in [-0.2, -0.15) is 15.2 Å². The highest BCUT2D eigenvalue weighted by molar-refractivity contribution is 7.89. The smallest absolute Gasteiger partial charge is 0.207 e. The molecule has 1 rings (SSSR count). The van der Waals surface area contributed by atoms with E-state index in [2.05, 4.69) is 4.72 Å². The average Bonchev–Trinajstić information content (AvgIpc) is 2.26. The number of nitriles is 2. The molecule has 0 aliphatic heterocycles. The lowest BCUT2D eigenvalue weighted by Crippen LogP contribution is -2.23. The zero-order valence-electron chi connectivity index (χ0n) is 7.64. The normalized spacial score (nSPS) is 10.3. The Hall–Kier alpha value is -1.89. The third kappa shape index (κ3) is 2.78. The molecule has 0 aromatic heterocycles. The van der Waals surface area contributed by atoms with Gasteiger partial charge in [-0.1, -0.05) is 6.07 Å². The number of benzene rings is 1. The van der Waals surface area contributed by atoms with Crippen LogP contribution in [-0.2, 0) is 10.0 Å². The van der Waals surface area contributed by atoms with E-state index in [1.54, 1.807) is 6.07 Å². The molecule has 0 fully saturated rings. The Morgan fingerprint density at radius 2 is 2.07 bits per heavy atom. The first-order valence-corrected chi connectivity index (χ1v) is 5.45. The second kappa shape index (κ2) is 4.56. The molecule has 1 N–H and O–H groups in total. The van der Waals surface area contributed by atoms with E-state index in [1.807, 2.05) is 6.07 Å². The lowest BCUT2D eigenvalue weighted by atomic mass is 10.2. The van der Waals surface area contributed by atoms with Crippen molar-refractivity contribution in [2.75, 3.05) is 6.54 Å². The van der Waals surface area contributed by atoms with Crippen molar-refractivity contribution in [1.82, 2.24) is 4.72 Å². The Kier molecular flexibility index (Phi) is 3.40. The molecule has 0 unspecified atom stereocenters. The molecule has 5 nitrogen and oxygen atoms in total. The summed E-state index contributed by atoms with van der Waals surface area (Å²) < 4.78 is 25.1. The largest absolute Gasteiger partial charge is 0.241 e. The van der Waals surface area contributed by atoms with Gasteiger partial charge in [0.1, 0.15) is 0 Å². The van der Waals surface area contributed by atoms with Gasteiger partial charge in [0.05, 0.1) is 29.1 Å². The number of nitrogens with one attached hydrogen (secondary N) is 1. The molecule has 0 bridgehead atoms. The highest BCUT2D eigenvalue weighted by Gasteiger charge is 2.13. The zero-order valence-corrected chi connectivity index (χ0v) is 8.45. The number of hydrogen-bond donors (Lipinski definition) is 1. The molecule has 6 heteroatoms. The van der Waals surface area contributed by atoms with E-state index in [9.17, 15) is 8.42 Å². The van der Waals surface area contributed by atoms with Gasteiger partial charge >= 0.3 is 0 Å². The van der Waals surface area contributed by atoms with Crippen molar-refractivity contribution in [2.45, 2.75) is 4.90 Å². The topological polar surface area (TPSA) is 93.8 Å². The summed E-state index contributed by atoms with van der Waals surface area (Å²) in [6.07, 6.45) is 0. The molecular formula is C9H7N3O2S. The van der Waals surface area contributed by atoms with Crippen molar-refractivity contribution in [1.29, 1.82) is 10.5 Å². The monoisotopic (exact) mass is 221 g/mol. The van der Waals surface area contributed by atoms with E-state index in [4.69, 9.17) is 10.5 Å². The van der Waals surface area contributed by atoms with Crippen LogP contribution in [0.1, 0.15) is 5.56 Å². The van der Waals surface area contributed by atoms with Crippen molar-refractivity contribution in [2.24, 2.45) is 0 Å². The molecule has 0 saturated heterocycles. The molecule has 0 radical (unpaired) electrons. The summed E-state index contributed by atoms with van der Waals surface area (Å²) in [4.78, 5) is -0.0169. The lowest BCUT2D eigenvalue weighted by molar-refractivity contribution is 0.586. The van der Waals surface area contributed by atoms with Gasteiger partial charge in [0.2, 0.25) is 10.0 Å². The second-order valence-corrected chi connectivity index (χ2v) is 4.39. The minimum atomic E-state index is -3.68. The molecule has 0 aliphatic rings. The third-order valence-corrected chi connectivity index (χ3v) is 3.01. The van der Waals surface area contributed by atoms with Gasteiger partial charge in [0.15, 0.2) is 0 Å². The maximum Gasteiger partial charge on any atom is 0.241 e. The number of rotatable bonds is 3. The molecule has 15 heavy (non-hydrogen) atoms. The van der Waals surface area contributed by atoms with E-state index >= 15 is 0 Å². The number of hydrogen-bond acceptors (Lipinski definition) is 4. The van der Waals surface area contributed by atoms with Crippen LogP contribution in [0.2, 0.25) is 0 Å². The van der Waals surface area contributed by atoms with Gasteiger partial charge in [-0.05, 0) is 18.2 Å². The SMILES string of the molecule is N#CCNS(=O)(=O)c1cccc(C#N)c1. The summed E-state index contributed by atoms with van der Waals surface area (Å²) >= 11 is 0. The van der Waals surface area contributed by atoms with Crippen molar-refractivity contribution < 1.29 is 8.42 Å². The summed E-state index contributed by atoms with van der Waals surface area (Å²) in [7, 11) is -3.68. The van der Waals surface area contributed by atoms with Crippen LogP contribution in [0.3, 0.4) is 0 Å². The molecule has 0 aliphatic carbocycles. The van der Waals surface area contributed by atoms with Crippen molar-refractivity contribution in [3.63, 3.8) is 0 Å². The summed E-state index contributed by atoms with van der Waals surface area (Å²) in [5.74, 6) is 0. The van der Waals surface area contributed by atoms with Gasteiger partial charge < -0.3 is 0 Å². The molecule has 1 aromatic rings. The highest BCUT2D eigenvalue weighted by atomic mass is 32.2. The van der Waals surface area contributed by atoms with Gasteiger partial charge in [0, 0.05) is 0 Å². The van der Waals surface area contributed by atoms with Crippen molar-refractivity contribution in [3.8, 4) is 12.1 Å². The Labute approximate surface area is 87.6 Å². The first-order chi connectivity index (χ1) is 7.10. The Bertz CT molecular complexity index is 537. The number of sulfonamides is 1. The molecular weight excluding hydrogens is 214 g/mol. The van der Waals surface area contributed by atoms with Gasteiger partial charge in [0.25, 0.3) is 0 Å². The predicted octanol–water partition coefficient (Wildman–Crippen LogP) is 0.360. The molecule has 0 spiro atoms. The van der Waals surface area contributed by atoms with Crippen LogP contribution in [0.5, 0.6) is 0 Å². The summed E-state index contributed by atoms with van der Waals surface area (Å²) in [6, 6.07) is 9.09. The number of nitrogens with zero attached hydrogens (tertiary/aromatic N) is 2. The Morgan fingerprint density at radius 1 is 1.33 bits per heavy atom. The average molecular weight is 221 g/mol. The van der Waals surface area contributed by atoms with E-state index < -0.39 is 10.0 Å². The van der Waals surface area contributed by atoms with Crippen LogP contribution in [0, 0.1) is 22.7 Å². The molecule has 0 heterocycles. The van der Waals surface area contributed by atoms with Crippen molar-refractivity contribution in [3.05, 3.63) is 29.8 Å². The molecule has 76 valence electrons. The van der Waals surface area contributed by atoms with Crippen LogP contribution >= 0.6 is 0 Å². The fourth-order valence-corrected chi connectivity index (χ4v) is 1.90. The summed E-state index contributed by atoms with van der Waals surface area (Å²) in [5.41, 5.74) is 0.259. The van der Waals surface area contributed by atoms with E-state index in [0.29, 0.717) is 0 Å². The molecule has 0 amide bonds. The maximum absolute atomic E-state index is 11.5. The lowest BCUT2D eigenvalue weighted by Gasteiger charge is -2.02. The standard InChI is InChI=1S/C9H7N3O2S/c10-4-5-12-15(13,14)9-3-1-2-8(6-9)7-11/h1-3,6,12H,5H2. The highest BCUT2D eigenvalue weighted by Crippen LogP contribution is 2.10. The van der Waals surface area contributed by atoms with Gasteiger partial charge in [-0.3, -0.25) is 0 Å². The first-order valence-electron chi connectivity index (χ1n) is 3.97. The predicted molar refractivity (Wildman–Crippen MR) is 52.0 cm³/mol. The molecule has 1 aromatic carbocycles. The fourth-order valence-electron chi connectivity index (χ4n) is 0.943. The van der Waals surface area contributed by atoms with Gasteiger partial charge in [-0.15, -0.1) is 0 Å². The van der Waals surface area contributed by atoms with E-state index in [0.717, 1.165) is 0 Å². The van der Waals surface area contributed by atoms with Crippen LogP contribution < -0.4 is 4.72 Å². The summed E-state index contributed by atoms with van der Waals surface area (Å²) in [5, 5.41) is 16.8. The molecule has 0 atom stereocenters. The Morgan fingerprint density at radius 3 is 2.67 bits per heavy atom. The quantitative estimate of drug-likeness (QED) is 0.745. The fraction of sp³-hybridized carbons (Fsp3) is 0.111. The minimum Gasteiger partial charge on any atom is -0.207 e. The molecule has 0 saturated carbocycles. The third-order valence-electron chi connectivity index (χ3n) is 1.61. The first kappa shape index (κ1) is 11.2. The van der Waals surface area contributed by atoms with Crippen LogP contribution in [-0.4, -0.2) is 15.0 Å². The maximum atomic E-state index is 11.5. The Balaban J connectivity index is 3.07. The van der Waals surface area contributed by atoms with E-state index in [1.165, 1.54) is 24.3 Å². The van der Waals surface area contributed by atoms with Crippen LogP contribution in [0.4, 0.5) is 0 Å². The summed E-state index contributed by atoms with van der Waals surface area (Å²) in [6.45, 7) is -0.293. The minimum absolute atomic E-state index is 0.0169. The van der Waals surface area contributed by atoms with E-state index in [-0.39, 0.29) is 17.0 Å². The second-order valence-electron chi connectivity index (χ2n) is 2.62. The van der Waals surface area contributed by atoms with Gasteiger partial charge in [-0.25, -0.2) is 8.42 Å². The zero-order chi connectivity index (χ0) is 11.3. The van der Waals surface area contributed by atoms with Crippen LogP contribution in [0.15, 0.2) is 29.2 Å². The van der Waals surface area contributed by atoms with Crippen LogP contribution in [0.25, 0.3) is 0 Å². The van der Waals surface area contributed by atoms with Crippen molar-refractivity contribution >= 4 is 10.0 Å².